The van der Waals surface area contributed by atoms with E-state index in [9.17, 15) is 0 Å². The van der Waals surface area contributed by atoms with E-state index in [0.29, 0.717) is 25.0 Å². The van der Waals surface area contributed by atoms with E-state index in [1.165, 1.54) is 0 Å². The summed E-state index contributed by atoms with van der Waals surface area (Å²) >= 11 is 0. The third-order valence-corrected chi connectivity index (χ3v) is 1.04. The second-order valence-electron chi connectivity index (χ2n) is 2.10. The molecule has 0 unspecified atom stereocenters. The van der Waals surface area contributed by atoms with Crippen LogP contribution in [0.5, 0.6) is 0 Å². The van der Waals surface area contributed by atoms with Crippen molar-refractivity contribution in [3.63, 3.8) is 0 Å². The highest BCUT2D eigenvalue weighted by molar-refractivity contribution is 5.76. The van der Waals surface area contributed by atoms with Crippen molar-refractivity contribution in [3.05, 3.63) is 0 Å². The topological polar surface area (TPSA) is 43.2 Å². The van der Waals surface area contributed by atoms with Gasteiger partial charge in [-0.05, 0) is 13.8 Å². The van der Waals surface area contributed by atoms with Gasteiger partial charge in [-0.1, -0.05) is 0 Å². The second kappa shape index (κ2) is 6.64. The zero-order chi connectivity index (χ0) is 9.40. The third-order valence-electron chi connectivity index (χ3n) is 1.04. The van der Waals surface area contributed by atoms with Gasteiger partial charge in [0.15, 0.2) is 0 Å². The number of hydrogen-bond donors (Lipinski definition) is 0. The normalized spacial score (nSPS) is 13.0. The molecule has 0 saturated heterocycles. The van der Waals surface area contributed by atoms with Gasteiger partial charge in [0, 0.05) is 13.8 Å². The Kier molecular flexibility index (Phi) is 6.05. The van der Waals surface area contributed by atoms with Gasteiger partial charge in [-0.3, -0.25) is 0 Å². The maximum atomic E-state index is 5.06. The molecule has 0 radical (unpaired) electrons. The Balaban J connectivity index is 3.89. The van der Waals surface area contributed by atoms with E-state index in [0.717, 1.165) is 0 Å². The van der Waals surface area contributed by atoms with Crippen LogP contribution in [-0.2, 0) is 9.47 Å². The van der Waals surface area contributed by atoms with Gasteiger partial charge in [0.25, 0.3) is 0 Å². The van der Waals surface area contributed by atoms with E-state index in [4.69, 9.17) is 9.47 Å². The Morgan fingerprint density at radius 2 is 1.25 bits per heavy atom. The van der Waals surface area contributed by atoms with Crippen LogP contribution in [0, 0.1) is 0 Å². The van der Waals surface area contributed by atoms with Crippen molar-refractivity contribution in [3.8, 4) is 0 Å². The van der Waals surface area contributed by atoms with Crippen LogP contribution in [0.1, 0.15) is 27.7 Å². The zero-order valence-electron chi connectivity index (χ0n) is 8.13. The lowest BCUT2D eigenvalue weighted by molar-refractivity contribution is 0.316. The summed E-state index contributed by atoms with van der Waals surface area (Å²) in [6, 6.07) is 0. The fourth-order valence-electron chi connectivity index (χ4n) is 0.616. The van der Waals surface area contributed by atoms with Crippen molar-refractivity contribution in [1.82, 2.24) is 0 Å². The molecule has 70 valence electrons. The third kappa shape index (κ3) is 5.70. The minimum atomic E-state index is 0.552. The molecule has 4 nitrogen and oxygen atoms in total. The van der Waals surface area contributed by atoms with Crippen molar-refractivity contribution in [2.24, 2.45) is 10.2 Å². The zero-order valence-corrected chi connectivity index (χ0v) is 8.13. The molecule has 0 aromatic carbocycles. The molecule has 0 fully saturated rings. The minimum absolute atomic E-state index is 0.552. The maximum Gasteiger partial charge on any atom is 0.205 e. The van der Waals surface area contributed by atoms with Gasteiger partial charge >= 0.3 is 0 Å². The highest BCUT2D eigenvalue weighted by atomic mass is 16.5. The molecule has 0 aliphatic carbocycles. The highest BCUT2D eigenvalue weighted by Crippen LogP contribution is 1.86. The molecule has 0 rings (SSSR count). The number of hydrogen-bond acceptors (Lipinski definition) is 4. The quantitative estimate of drug-likeness (QED) is 0.370. The average Bonchev–Trinajstić information content (AvgIpc) is 2.02. The second-order valence-corrected chi connectivity index (χ2v) is 2.10. The van der Waals surface area contributed by atoms with Crippen molar-refractivity contribution in [2.75, 3.05) is 13.2 Å². The molecule has 0 spiro atoms. The van der Waals surface area contributed by atoms with Crippen molar-refractivity contribution in [1.29, 1.82) is 0 Å². The number of rotatable bonds is 3. The lowest BCUT2D eigenvalue weighted by Crippen LogP contribution is -2.00. The minimum Gasteiger partial charge on any atom is -0.480 e. The SMILES string of the molecule is CCO/C(C)=N\N=C(/C)OCC. The molecule has 0 saturated carbocycles. The molecule has 0 bridgehead atoms. The smallest absolute Gasteiger partial charge is 0.205 e. The number of nitrogens with zero attached hydrogens (tertiary/aromatic N) is 2. The summed E-state index contributed by atoms with van der Waals surface area (Å²) in [5.41, 5.74) is 0. The fourth-order valence-corrected chi connectivity index (χ4v) is 0.616. The predicted molar refractivity (Wildman–Crippen MR) is 49.5 cm³/mol. The standard InChI is InChI=1S/C8H16N2O2/c1-5-11-7(3)9-10-8(4)12-6-2/h5-6H2,1-4H3/b9-7-,10-8+. The summed E-state index contributed by atoms with van der Waals surface area (Å²) < 4.78 is 10.1. The van der Waals surface area contributed by atoms with Crippen molar-refractivity contribution < 1.29 is 9.47 Å². The summed E-state index contributed by atoms with van der Waals surface area (Å²) in [4.78, 5) is 0. The van der Waals surface area contributed by atoms with Crippen LogP contribution in [-0.4, -0.2) is 25.0 Å². The number of ether oxygens (including phenoxy) is 2. The lowest BCUT2D eigenvalue weighted by Gasteiger charge is -1.99. The summed E-state index contributed by atoms with van der Waals surface area (Å²) in [7, 11) is 0. The maximum absolute atomic E-state index is 5.06. The first-order valence-electron chi connectivity index (χ1n) is 4.05. The molecule has 0 aliphatic heterocycles. The van der Waals surface area contributed by atoms with E-state index in [2.05, 4.69) is 10.2 Å². The molecule has 12 heavy (non-hydrogen) atoms. The van der Waals surface area contributed by atoms with E-state index < -0.39 is 0 Å². The largest absolute Gasteiger partial charge is 0.480 e. The molecular formula is C8H16N2O2. The Morgan fingerprint density at radius 1 is 0.917 bits per heavy atom. The van der Waals surface area contributed by atoms with E-state index in [1.54, 1.807) is 13.8 Å². The molecule has 0 atom stereocenters. The lowest BCUT2D eigenvalue weighted by atomic mass is 10.7. The molecule has 0 aromatic heterocycles. The van der Waals surface area contributed by atoms with Gasteiger partial charge < -0.3 is 9.47 Å². The molecule has 0 N–H and O–H groups in total. The molecule has 0 amide bonds. The average molecular weight is 172 g/mol. The molecule has 0 aliphatic rings. The Hall–Kier alpha value is -1.06. The van der Waals surface area contributed by atoms with Gasteiger partial charge in [0.05, 0.1) is 13.2 Å². The van der Waals surface area contributed by atoms with Crippen LogP contribution in [0.4, 0.5) is 0 Å². The Bertz CT molecular complexity index is 156. The Labute approximate surface area is 73.3 Å². The van der Waals surface area contributed by atoms with Crippen molar-refractivity contribution in [2.45, 2.75) is 27.7 Å². The summed E-state index contributed by atoms with van der Waals surface area (Å²) in [6.45, 7) is 8.53. The van der Waals surface area contributed by atoms with Crippen LogP contribution in [0.15, 0.2) is 10.2 Å². The van der Waals surface area contributed by atoms with Gasteiger partial charge in [-0.2, -0.15) is 0 Å². The van der Waals surface area contributed by atoms with Gasteiger partial charge in [0.1, 0.15) is 0 Å². The molecule has 0 aromatic rings. The fraction of sp³-hybridized carbons (Fsp3) is 0.750. The van der Waals surface area contributed by atoms with Crippen LogP contribution < -0.4 is 0 Å². The van der Waals surface area contributed by atoms with Crippen molar-refractivity contribution >= 4 is 11.8 Å². The van der Waals surface area contributed by atoms with Crippen LogP contribution in [0.25, 0.3) is 0 Å². The predicted octanol–water partition coefficient (Wildman–Crippen LogP) is 1.81. The van der Waals surface area contributed by atoms with E-state index in [-0.39, 0.29) is 0 Å². The monoisotopic (exact) mass is 172 g/mol. The highest BCUT2D eigenvalue weighted by Gasteiger charge is 1.89. The van der Waals surface area contributed by atoms with Crippen LogP contribution in [0.3, 0.4) is 0 Å². The molecule has 0 heterocycles. The first kappa shape index (κ1) is 10.9. The van der Waals surface area contributed by atoms with E-state index in [1.807, 2.05) is 13.8 Å². The van der Waals surface area contributed by atoms with Crippen LogP contribution in [0.2, 0.25) is 0 Å². The summed E-state index contributed by atoms with van der Waals surface area (Å²) in [5, 5.41) is 7.58. The Morgan fingerprint density at radius 3 is 1.50 bits per heavy atom. The van der Waals surface area contributed by atoms with Crippen LogP contribution >= 0.6 is 0 Å². The molecule has 4 heteroatoms. The van der Waals surface area contributed by atoms with Gasteiger partial charge in [-0.15, -0.1) is 10.2 Å². The van der Waals surface area contributed by atoms with E-state index >= 15 is 0 Å². The summed E-state index contributed by atoms with van der Waals surface area (Å²) in [5.74, 6) is 1.10. The molecular weight excluding hydrogens is 156 g/mol. The first-order valence-corrected chi connectivity index (χ1v) is 4.05. The van der Waals surface area contributed by atoms with Gasteiger partial charge in [-0.25, -0.2) is 0 Å². The van der Waals surface area contributed by atoms with Gasteiger partial charge in [0.2, 0.25) is 11.8 Å². The summed E-state index contributed by atoms with van der Waals surface area (Å²) in [6.07, 6.45) is 0. The first-order chi connectivity index (χ1) is 5.70.